The molecule has 1 atom stereocenters. The fourth-order valence-corrected chi connectivity index (χ4v) is 1.79. The number of ether oxygens (including phenoxy) is 1. The Morgan fingerprint density at radius 1 is 1.65 bits per heavy atom. The van der Waals surface area contributed by atoms with Crippen molar-refractivity contribution in [3.63, 3.8) is 0 Å². The van der Waals surface area contributed by atoms with E-state index in [0.717, 1.165) is 0 Å². The van der Waals surface area contributed by atoms with E-state index in [0.29, 0.717) is 32.1 Å². The van der Waals surface area contributed by atoms with E-state index in [1.54, 1.807) is 0 Å². The van der Waals surface area contributed by atoms with Crippen molar-refractivity contribution in [2.24, 2.45) is 0 Å². The van der Waals surface area contributed by atoms with Crippen molar-refractivity contribution in [1.29, 1.82) is 0 Å². The Balaban J connectivity index is 2.32. The highest BCUT2D eigenvalue weighted by Crippen LogP contribution is 2.08. The third-order valence-electron chi connectivity index (χ3n) is 2.75. The number of nitrogens with one attached hydrogen (secondary N) is 1. The first-order valence-electron chi connectivity index (χ1n) is 5.89. The molecular formula is C11H20N2O4. The van der Waals surface area contributed by atoms with Gasteiger partial charge in [0.2, 0.25) is 0 Å². The van der Waals surface area contributed by atoms with E-state index >= 15 is 0 Å². The summed E-state index contributed by atoms with van der Waals surface area (Å²) in [6, 6.07) is 0.308. The number of amides is 1. The summed E-state index contributed by atoms with van der Waals surface area (Å²) >= 11 is 0. The first kappa shape index (κ1) is 13.8. The van der Waals surface area contributed by atoms with Gasteiger partial charge in [-0.1, -0.05) is 0 Å². The van der Waals surface area contributed by atoms with Gasteiger partial charge in [-0.25, -0.2) is 4.79 Å². The predicted octanol–water partition coefficient (Wildman–Crippen LogP) is 0.670. The number of rotatable bonds is 7. The van der Waals surface area contributed by atoms with Gasteiger partial charge in [0, 0.05) is 19.0 Å². The van der Waals surface area contributed by atoms with Gasteiger partial charge in [0.1, 0.15) is 6.10 Å². The molecule has 1 fully saturated rings. The number of carboxylic acids is 1. The van der Waals surface area contributed by atoms with Crippen molar-refractivity contribution < 1.29 is 19.4 Å². The summed E-state index contributed by atoms with van der Waals surface area (Å²) in [6.07, 6.45) is 0.284. The second-order valence-electron chi connectivity index (χ2n) is 4.49. The fraction of sp³-hybridized carbons (Fsp3) is 0.818. The zero-order valence-electron chi connectivity index (χ0n) is 10.3. The molecule has 6 nitrogen and oxygen atoms in total. The lowest BCUT2D eigenvalue weighted by molar-refractivity contribution is -0.137. The first-order valence-corrected chi connectivity index (χ1v) is 5.89. The zero-order chi connectivity index (χ0) is 12.8. The van der Waals surface area contributed by atoms with Gasteiger partial charge < -0.3 is 15.2 Å². The molecule has 0 aromatic heterocycles. The number of hydrogen-bond acceptors (Lipinski definition) is 4. The summed E-state index contributed by atoms with van der Waals surface area (Å²) in [5, 5.41) is 11.2. The van der Waals surface area contributed by atoms with Crippen LogP contribution in [0.25, 0.3) is 0 Å². The van der Waals surface area contributed by atoms with Crippen LogP contribution in [0.3, 0.4) is 0 Å². The molecule has 1 aliphatic rings. The van der Waals surface area contributed by atoms with Crippen LogP contribution in [0.4, 0.5) is 4.79 Å². The summed E-state index contributed by atoms with van der Waals surface area (Å²) in [6.45, 7) is 5.98. The lowest BCUT2D eigenvalue weighted by atomic mass is 10.2. The Labute approximate surface area is 101 Å². The Kier molecular flexibility index (Phi) is 5.21. The average Bonchev–Trinajstić information content (AvgIpc) is 2.62. The maximum atomic E-state index is 10.9. The molecule has 0 spiro atoms. The van der Waals surface area contributed by atoms with Crippen molar-refractivity contribution in [3.05, 3.63) is 0 Å². The van der Waals surface area contributed by atoms with Gasteiger partial charge in [-0.05, 0) is 26.8 Å². The minimum absolute atomic E-state index is 0.130. The van der Waals surface area contributed by atoms with Gasteiger partial charge in [0.25, 0.3) is 0 Å². The van der Waals surface area contributed by atoms with E-state index in [4.69, 9.17) is 9.84 Å². The summed E-state index contributed by atoms with van der Waals surface area (Å²) in [7, 11) is 0. The van der Waals surface area contributed by atoms with Crippen LogP contribution in [0.2, 0.25) is 0 Å². The van der Waals surface area contributed by atoms with E-state index in [9.17, 15) is 9.59 Å². The number of aliphatic carboxylic acids is 1. The van der Waals surface area contributed by atoms with Crippen LogP contribution >= 0.6 is 0 Å². The minimum Gasteiger partial charge on any atom is -0.481 e. The maximum Gasteiger partial charge on any atom is 0.407 e. The summed E-state index contributed by atoms with van der Waals surface area (Å²) in [5.74, 6) is -0.775. The number of carboxylic acid groups (broad SMARTS) is 1. The molecule has 98 valence electrons. The Hall–Kier alpha value is -1.30. The van der Waals surface area contributed by atoms with Crippen LogP contribution in [-0.4, -0.2) is 53.8 Å². The van der Waals surface area contributed by atoms with Crippen LogP contribution in [0, 0.1) is 0 Å². The van der Waals surface area contributed by atoms with Crippen LogP contribution in [0.5, 0.6) is 0 Å². The highest BCUT2D eigenvalue weighted by molar-refractivity contribution is 5.69. The second kappa shape index (κ2) is 6.44. The lowest BCUT2D eigenvalue weighted by Crippen LogP contribution is -2.39. The smallest absolute Gasteiger partial charge is 0.407 e. The average molecular weight is 244 g/mol. The molecule has 0 saturated carbocycles. The standard InChI is InChI=1S/C11H20N2O4/c1-8(2)13(5-3-4-10(14)15)7-9-6-12-11(16)17-9/h8-9H,3-7H2,1-2H3,(H,12,16)(H,14,15). The summed E-state index contributed by atoms with van der Waals surface area (Å²) in [5.41, 5.74) is 0. The molecule has 2 N–H and O–H groups in total. The fourth-order valence-electron chi connectivity index (χ4n) is 1.79. The SMILES string of the molecule is CC(C)N(CCCC(=O)O)CC1CNC(=O)O1. The van der Waals surface area contributed by atoms with E-state index in [2.05, 4.69) is 10.2 Å². The van der Waals surface area contributed by atoms with Crippen molar-refractivity contribution >= 4 is 12.1 Å². The van der Waals surface area contributed by atoms with Gasteiger partial charge in [0.15, 0.2) is 0 Å². The monoisotopic (exact) mass is 244 g/mol. The molecule has 0 radical (unpaired) electrons. The van der Waals surface area contributed by atoms with Crippen molar-refractivity contribution in [2.75, 3.05) is 19.6 Å². The highest BCUT2D eigenvalue weighted by Gasteiger charge is 2.25. The molecule has 1 unspecified atom stereocenters. The second-order valence-corrected chi connectivity index (χ2v) is 4.49. The first-order chi connectivity index (χ1) is 7.99. The number of hydrogen-bond donors (Lipinski definition) is 2. The molecule has 1 aliphatic heterocycles. The molecular weight excluding hydrogens is 224 g/mol. The van der Waals surface area contributed by atoms with Crippen LogP contribution in [-0.2, 0) is 9.53 Å². The highest BCUT2D eigenvalue weighted by atomic mass is 16.6. The Morgan fingerprint density at radius 3 is 2.82 bits per heavy atom. The predicted molar refractivity (Wildman–Crippen MR) is 61.9 cm³/mol. The molecule has 6 heteroatoms. The number of carbonyl (C=O) groups excluding carboxylic acids is 1. The summed E-state index contributed by atoms with van der Waals surface area (Å²) < 4.78 is 5.06. The summed E-state index contributed by atoms with van der Waals surface area (Å²) in [4.78, 5) is 23.5. The van der Waals surface area contributed by atoms with Gasteiger partial charge >= 0.3 is 12.1 Å². The topological polar surface area (TPSA) is 78.9 Å². The quantitative estimate of drug-likeness (QED) is 0.688. The number of carbonyl (C=O) groups is 2. The number of nitrogens with zero attached hydrogens (tertiary/aromatic N) is 1. The van der Waals surface area contributed by atoms with Crippen LogP contribution < -0.4 is 5.32 Å². The van der Waals surface area contributed by atoms with E-state index < -0.39 is 5.97 Å². The Morgan fingerprint density at radius 2 is 2.35 bits per heavy atom. The molecule has 17 heavy (non-hydrogen) atoms. The van der Waals surface area contributed by atoms with Gasteiger partial charge in [-0.3, -0.25) is 9.69 Å². The lowest BCUT2D eigenvalue weighted by Gasteiger charge is -2.27. The van der Waals surface area contributed by atoms with Crippen LogP contribution in [0.1, 0.15) is 26.7 Å². The molecule has 0 aromatic carbocycles. The van der Waals surface area contributed by atoms with Crippen molar-refractivity contribution in [1.82, 2.24) is 10.2 Å². The minimum atomic E-state index is -0.775. The third kappa shape index (κ3) is 5.04. The van der Waals surface area contributed by atoms with Crippen molar-refractivity contribution in [3.8, 4) is 0 Å². The zero-order valence-corrected chi connectivity index (χ0v) is 10.3. The largest absolute Gasteiger partial charge is 0.481 e. The molecule has 0 bridgehead atoms. The number of alkyl carbamates (subject to hydrolysis) is 1. The van der Waals surface area contributed by atoms with Gasteiger partial charge in [0.05, 0.1) is 6.54 Å². The van der Waals surface area contributed by atoms with E-state index in [1.165, 1.54) is 0 Å². The molecule has 1 heterocycles. The maximum absolute atomic E-state index is 10.9. The Bertz CT molecular complexity index is 281. The third-order valence-corrected chi connectivity index (χ3v) is 2.75. The van der Waals surface area contributed by atoms with Crippen molar-refractivity contribution in [2.45, 2.75) is 38.8 Å². The molecule has 1 saturated heterocycles. The van der Waals surface area contributed by atoms with E-state index in [1.807, 2.05) is 13.8 Å². The normalized spacial score (nSPS) is 19.5. The number of cyclic esters (lactones) is 1. The molecule has 1 amide bonds. The molecule has 0 aliphatic carbocycles. The van der Waals surface area contributed by atoms with Gasteiger partial charge in [-0.2, -0.15) is 0 Å². The van der Waals surface area contributed by atoms with Crippen LogP contribution in [0.15, 0.2) is 0 Å². The van der Waals surface area contributed by atoms with Gasteiger partial charge in [-0.15, -0.1) is 0 Å². The molecule has 1 rings (SSSR count). The van der Waals surface area contributed by atoms with E-state index in [-0.39, 0.29) is 18.6 Å². The molecule has 0 aromatic rings.